The predicted octanol–water partition coefficient (Wildman–Crippen LogP) is 1.83. The number of sulfonamides is 1. The molecular formula is C19H28FN3O3S. The number of nitrogens with one attached hydrogen (secondary N) is 1. The molecule has 3 rings (SSSR count). The maximum Gasteiger partial charge on any atom is 0.243 e. The summed E-state index contributed by atoms with van der Waals surface area (Å²) in [5, 5.41) is 3.06. The molecule has 0 spiro atoms. The normalized spacial score (nSPS) is 23.0. The Hall–Kier alpha value is -1.51. The second kappa shape index (κ2) is 7.85. The van der Waals surface area contributed by atoms with E-state index in [-0.39, 0.29) is 28.8 Å². The van der Waals surface area contributed by atoms with Crippen molar-refractivity contribution in [3.63, 3.8) is 0 Å². The number of hydrogen-bond donors (Lipinski definition) is 1. The third-order valence-electron chi connectivity index (χ3n) is 6.05. The minimum atomic E-state index is -3.70. The van der Waals surface area contributed by atoms with Gasteiger partial charge in [0, 0.05) is 25.2 Å². The molecule has 8 heteroatoms. The topological polar surface area (TPSA) is 69.7 Å². The lowest BCUT2D eigenvalue weighted by Crippen LogP contribution is -2.51. The van der Waals surface area contributed by atoms with Gasteiger partial charge in [0.05, 0.1) is 10.8 Å². The first-order valence-corrected chi connectivity index (χ1v) is 10.9. The molecule has 1 saturated heterocycles. The monoisotopic (exact) mass is 397 g/mol. The molecule has 150 valence electrons. The standard InChI is InChI=1S/C19H28FN3O3S/c1-22(2)19(10-3-4-11-19)14-21-18(24)15-9-12-23(13-15)27(25,26)17-7-5-16(20)6-8-17/h5-8,15H,3-4,9-14H2,1-2H3,(H,21,24)/t15-/m1/s1. The molecule has 2 aliphatic rings. The van der Waals surface area contributed by atoms with E-state index in [1.165, 1.54) is 29.3 Å². The van der Waals surface area contributed by atoms with Gasteiger partial charge in [0.2, 0.25) is 15.9 Å². The van der Waals surface area contributed by atoms with Crippen molar-refractivity contribution < 1.29 is 17.6 Å². The van der Waals surface area contributed by atoms with Crippen molar-refractivity contribution in [1.29, 1.82) is 0 Å². The van der Waals surface area contributed by atoms with Gasteiger partial charge in [0.25, 0.3) is 0 Å². The van der Waals surface area contributed by atoms with E-state index in [0.717, 1.165) is 25.0 Å². The van der Waals surface area contributed by atoms with Gasteiger partial charge >= 0.3 is 0 Å². The molecule has 6 nitrogen and oxygen atoms in total. The van der Waals surface area contributed by atoms with E-state index in [4.69, 9.17) is 0 Å². The molecule has 0 aromatic heterocycles. The van der Waals surface area contributed by atoms with E-state index in [1.807, 2.05) is 14.1 Å². The molecule has 1 aliphatic heterocycles. The van der Waals surface area contributed by atoms with E-state index < -0.39 is 15.8 Å². The summed E-state index contributed by atoms with van der Waals surface area (Å²) in [6.07, 6.45) is 4.97. The van der Waals surface area contributed by atoms with Crippen molar-refractivity contribution in [1.82, 2.24) is 14.5 Å². The zero-order valence-corrected chi connectivity index (χ0v) is 16.8. The van der Waals surface area contributed by atoms with Crippen LogP contribution in [0.3, 0.4) is 0 Å². The van der Waals surface area contributed by atoms with Crippen molar-refractivity contribution in [2.45, 2.75) is 42.5 Å². The van der Waals surface area contributed by atoms with Crippen LogP contribution in [0.2, 0.25) is 0 Å². The van der Waals surface area contributed by atoms with Crippen LogP contribution >= 0.6 is 0 Å². The zero-order chi connectivity index (χ0) is 19.7. The lowest BCUT2D eigenvalue weighted by atomic mass is 9.95. The van der Waals surface area contributed by atoms with Crippen molar-refractivity contribution in [2.24, 2.45) is 5.92 Å². The number of carbonyl (C=O) groups is 1. The van der Waals surface area contributed by atoms with Crippen molar-refractivity contribution in [3.8, 4) is 0 Å². The summed E-state index contributed by atoms with van der Waals surface area (Å²) >= 11 is 0. The predicted molar refractivity (Wildman–Crippen MR) is 101 cm³/mol. The maximum absolute atomic E-state index is 13.1. The number of halogens is 1. The van der Waals surface area contributed by atoms with Crippen molar-refractivity contribution in [2.75, 3.05) is 33.7 Å². The molecule has 1 N–H and O–H groups in total. The quantitative estimate of drug-likeness (QED) is 0.795. The van der Waals surface area contributed by atoms with E-state index in [9.17, 15) is 17.6 Å². The largest absolute Gasteiger partial charge is 0.354 e. The zero-order valence-electron chi connectivity index (χ0n) is 15.9. The maximum atomic E-state index is 13.1. The fourth-order valence-corrected chi connectivity index (χ4v) is 5.63. The smallest absolute Gasteiger partial charge is 0.243 e. The molecule has 1 aliphatic carbocycles. The van der Waals surface area contributed by atoms with Gasteiger partial charge in [-0.25, -0.2) is 12.8 Å². The lowest BCUT2D eigenvalue weighted by molar-refractivity contribution is -0.125. The number of rotatable bonds is 6. The van der Waals surface area contributed by atoms with E-state index in [2.05, 4.69) is 10.2 Å². The summed E-state index contributed by atoms with van der Waals surface area (Å²) in [6.45, 7) is 1.07. The summed E-state index contributed by atoms with van der Waals surface area (Å²) in [7, 11) is 0.392. The first-order chi connectivity index (χ1) is 12.7. The summed E-state index contributed by atoms with van der Waals surface area (Å²) in [6, 6.07) is 4.79. The highest BCUT2D eigenvalue weighted by atomic mass is 32.2. The number of hydrogen-bond acceptors (Lipinski definition) is 4. The Morgan fingerprint density at radius 3 is 2.48 bits per heavy atom. The molecule has 1 aromatic carbocycles. The highest BCUT2D eigenvalue weighted by Gasteiger charge is 2.39. The van der Waals surface area contributed by atoms with Crippen LogP contribution in [0.15, 0.2) is 29.2 Å². The molecule has 1 heterocycles. The Kier molecular flexibility index (Phi) is 5.88. The molecule has 27 heavy (non-hydrogen) atoms. The molecule has 0 radical (unpaired) electrons. The second-order valence-corrected chi connectivity index (χ2v) is 9.78. The Morgan fingerprint density at radius 1 is 1.26 bits per heavy atom. The SMILES string of the molecule is CN(C)C1(CNC(=O)[C@@H]2CCN(S(=O)(=O)c3ccc(F)cc3)C2)CCCC1. The molecule has 1 atom stereocenters. The second-order valence-electron chi connectivity index (χ2n) is 7.85. The number of nitrogens with zero attached hydrogens (tertiary/aromatic N) is 2. The van der Waals surface area contributed by atoms with Crippen LogP contribution in [0.5, 0.6) is 0 Å². The van der Waals surface area contributed by atoms with Gasteiger partial charge in [-0.2, -0.15) is 4.31 Å². The minimum Gasteiger partial charge on any atom is -0.354 e. The Labute approximate surface area is 160 Å². The van der Waals surface area contributed by atoms with Gasteiger partial charge in [0.1, 0.15) is 5.82 Å². The molecule has 1 saturated carbocycles. The first-order valence-electron chi connectivity index (χ1n) is 9.45. The Balaban J connectivity index is 1.60. The minimum absolute atomic E-state index is 0.00807. The number of amides is 1. The number of carbonyl (C=O) groups excluding carboxylic acids is 1. The van der Waals surface area contributed by atoms with E-state index in [0.29, 0.717) is 19.5 Å². The third-order valence-corrected chi connectivity index (χ3v) is 7.93. The molecule has 0 bridgehead atoms. The summed E-state index contributed by atoms with van der Waals surface area (Å²) in [5.41, 5.74) is 0.00807. The Morgan fingerprint density at radius 2 is 1.89 bits per heavy atom. The molecule has 0 unspecified atom stereocenters. The van der Waals surface area contributed by atoms with Gasteiger partial charge in [-0.1, -0.05) is 12.8 Å². The Bertz CT molecular complexity index is 774. The van der Waals surface area contributed by atoms with Gasteiger partial charge in [-0.3, -0.25) is 4.79 Å². The fraction of sp³-hybridized carbons (Fsp3) is 0.632. The average Bonchev–Trinajstić information content (AvgIpc) is 3.31. The van der Waals surface area contributed by atoms with Crippen LogP contribution in [-0.4, -0.2) is 62.8 Å². The fourth-order valence-electron chi connectivity index (χ4n) is 4.13. The van der Waals surface area contributed by atoms with Gasteiger partial charge < -0.3 is 10.2 Å². The van der Waals surface area contributed by atoms with Gasteiger partial charge in [0.15, 0.2) is 0 Å². The van der Waals surface area contributed by atoms with Crippen LogP contribution in [0.25, 0.3) is 0 Å². The van der Waals surface area contributed by atoms with Crippen LogP contribution in [0, 0.1) is 11.7 Å². The average molecular weight is 398 g/mol. The van der Waals surface area contributed by atoms with Crippen LogP contribution < -0.4 is 5.32 Å². The van der Waals surface area contributed by atoms with Crippen LogP contribution in [0.4, 0.5) is 4.39 Å². The molecular weight excluding hydrogens is 369 g/mol. The first kappa shape index (κ1) is 20.2. The number of likely N-dealkylation sites (N-methyl/N-ethyl adjacent to an activating group) is 1. The van der Waals surface area contributed by atoms with E-state index >= 15 is 0 Å². The highest BCUT2D eigenvalue weighted by Crippen LogP contribution is 2.33. The molecule has 1 amide bonds. The highest BCUT2D eigenvalue weighted by molar-refractivity contribution is 7.89. The molecule has 2 fully saturated rings. The summed E-state index contributed by atoms with van der Waals surface area (Å²) < 4.78 is 39.7. The summed E-state index contributed by atoms with van der Waals surface area (Å²) in [4.78, 5) is 14.9. The number of benzene rings is 1. The van der Waals surface area contributed by atoms with Crippen LogP contribution in [-0.2, 0) is 14.8 Å². The lowest BCUT2D eigenvalue weighted by Gasteiger charge is -2.36. The molecule has 1 aromatic rings. The van der Waals surface area contributed by atoms with Gasteiger partial charge in [-0.15, -0.1) is 0 Å². The van der Waals surface area contributed by atoms with Gasteiger partial charge in [-0.05, 0) is 57.6 Å². The van der Waals surface area contributed by atoms with Crippen molar-refractivity contribution in [3.05, 3.63) is 30.1 Å². The van der Waals surface area contributed by atoms with Crippen molar-refractivity contribution >= 4 is 15.9 Å². The van der Waals surface area contributed by atoms with Crippen LogP contribution in [0.1, 0.15) is 32.1 Å². The van der Waals surface area contributed by atoms with E-state index in [1.54, 1.807) is 0 Å². The third kappa shape index (κ3) is 4.17. The summed E-state index contributed by atoms with van der Waals surface area (Å²) in [5.74, 6) is -0.907.